The maximum Gasteiger partial charge on any atom is 0.121 e. The van der Waals surface area contributed by atoms with Crippen molar-refractivity contribution >= 4 is 0 Å². The van der Waals surface area contributed by atoms with Crippen LogP contribution in [-0.2, 0) is 5.60 Å². The second-order valence-corrected chi connectivity index (χ2v) is 6.90. The molecule has 0 aliphatic rings. The molecule has 0 aliphatic heterocycles. The molecule has 2 rings (SSSR count). The Morgan fingerprint density at radius 1 is 0.840 bits per heavy atom. The molecule has 25 heavy (non-hydrogen) atoms. The predicted octanol–water partition coefficient (Wildman–Crippen LogP) is 6.48. The van der Waals surface area contributed by atoms with Gasteiger partial charge in [-0.15, -0.1) is 6.58 Å². The van der Waals surface area contributed by atoms with Gasteiger partial charge in [0, 0.05) is 5.92 Å². The minimum absolute atomic E-state index is 0.00322. The van der Waals surface area contributed by atoms with E-state index in [9.17, 15) is 5.11 Å². The van der Waals surface area contributed by atoms with Gasteiger partial charge in [-0.05, 0) is 17.5 Å². The lowest BCUT2D eigenvalue weighted by molar-refractivity contribution is 0.0319. The largest absolute Gasteiger partial charge is 0.380 e. The molecule has 0 heterocycles. The van der Waals surface area contributed by atoms with Crippen LogP contribution in [0.2, 0.25) is 0 Å². The molecule has 0 fully saturated rings. The van der Waals surface area contributed by atoms with Crippen molar-refractivity contribution in [3.05, 3.63) is 84.4 Å². The third-order valence-electron chi connectivity index (χ3n) is 5.12. The standard InChI is InChI=1S/C24H32O/c1-3-5-6-7-8-11-16-21(4-2)24(25,22-17-12-9-13-18-22)23-19-14-10-15-20-23/h4,9-10,12-15,17-21,25H,2-3,5-8,11,16H2,1H3. The molecule has 0 amide bonds. The summed E-state index contributed by atoms with van der Waals surface area (Å²) in [4.78, 5) is 0. The zero-order chi connectivity index (χ0) is 18.0. The first-order chi connectivity index (χ1) is 12.2. The molecule has 1 heteroatoms. The number of benzene rings is 2. The van der Waals surface area contributed by atoms with E-state index in [0.717, 1.165) is 24.0 Å². The molecule has 1 N–H and O–H groups in total. The maximum absolute atomic E-state index is 11.8. The highest BCUT2D eigenvalue weighted by molar-refractivity contribution is 5.38. The van der Waals surface area contributed by atoms with Gasteiger partial charge in [-0.25, -0.2) is 0 Å². The molecule has 0 aliphatic carbocycles. The predicted molar refractivity (Wildman–Crippen MR) is 108 cm³/mol. The summed E-state index contributed by atoms with van der Waals surface area (Å²) in [5, 5.41) is 11.8. The molecule has 0 spiro atoms. The number of rotatable bonds is 11. The Bertz CT molecular complexity index is 563. The van der Waals surface area contributed by atoms with Crippen LogP contribution in [0.3, 0.4) is 0 Å². The first-order valence-corrected chi connectivity index (χ1v) is 9.69. The van der Waals surface area contributed by atoms with Gasteiger partial charge in [-0.2, -0.15) is 0 Å². The molecular formula is C24H32O. The summed E-state index contributed by atoms with van der Waals surface area (Å²) in [6.07, 6.45) is 10.4. The fraction of sp³-hybridized carbons (Fsp3) is 0.417. The zero-order valence-electron chi connectivity index (χ0n) is 15.5. The minimum atomic E-state index is -1.02. The molecule has 0 radical (unpaired) electrons. The minimum Gasteiger partial charge on any atom is -0.380 e. The normalized spacial score (nSPS) is 12.7. The molecule has 0 saturated carbocycles. The topological polar surface area (TPSA) is 20.2 Å². The van der Waals surface area contributed by atoms with Gasteiger partial charge in [0.25, 0.3) is 0 Å². The Morgan fingerprint density at radius 2 is 1.32 bits per heavy atom. The molecule has 134 valence electrons. The first-order valence-electron chi connectivity index (χ1n) is 9.69. The van der Waals surface area contributed by atoms with Crippen LogP contribution in [0, 0.1) is 5.92 Å². The van der Waals surface area contributed by atoms with Crippen molar-refractivity contribution in [1.29, 1.82) is 0 Å². The summed E-state index contributed by atoms with van der Waals surface area (Å²) in [6.45, 7) is 6.29. The van der Waals surface area contributed by atoms with Crippen molar-refractivity contribution in [1.82, 2.24) is 0 Å². The monoisotopic (exact) mass is 336 g/mol. The van der Waals surface area contributed by atoms with Crippen molar-refractivity contribution < 1.29 is 5.11 Å². The van der Waals surface area contributed by atoms with Crippen molar-refractivity contribution in [3.8, 4) is 0 Å². The molecule has 2 aromatic rings. The van der Waals surface area contributed by atoms with Crippen LogP contribution >= 0.6 is 0 Å². The van der Waals surface area contributed by atoms with Gasteiger partial charge >= 0.3 is 0 Å². The molecule has 1 nitrogen and oxygen atoms in total. The Labute approximate surface area is 153 Å². The van der Waals surface area contributed by atoms with E-state index in [1.165, 1.54) is 32.1 Å². The van der Waals surface area contributed by atoms with Crippen LogP contribution in [0.1, 0.15) is 63.0 Å². The van der Waals surface area contributed by atoms with E-state index >= 15 is 0 Å². The van der Waals surface area contributed by atoms with Gasteiger partial charge in [-0.1, -0.05) is 112 Å². The van der Waals surface area contributed by atoms with Crippen LogP contribution in [0.25, 0.3) is 0 Å². The number of aliphatic hydroxyl groups is 1. The smallest absolute Gasteiger partial charge is 0.121 e. The molecular weight excluding hydrogens is 304 g/mol. The van der Waals surface area contributed by atoms with Gasteiger partial charge in [0.1, 0.15) is 5.60 Å². The maximum atomic E-state index is 11.8. The van der Waals surface area contributed by atoms with Crippen molar-refractivity contribution in [2.45, 2.75) is 57.5 Å². The quantitative estimate of drug-likeness (QED) is 0.368. The summed E-state index contributed by atoms with van der Waals surface area (Å²) in [6, 6.07) is 20.0. The van der Waals surface area contributed by atoms with Crippen LogP contribution in [0.15, 0.2) is 73.3 Å². The molecule has 2 aromatic carbocycles. The van der Waals surface area contributed by atoms with Gasteiger partial charge in [0.15, 0.2) is 0 Å². The second-order valence-electron chi connectivity index (χ2n) is 6.90. The second kappa shape index (κ2) is 10.2. The van der Waals surface area contributed by atoms with E-state index in [-0.39, 0.29) is 5.92 Å². The Kier molecular flexibility index (Phi) is 7.94. The molecule has 1 atom stereocenters. The summed E-state index contributed by atoms with van der Waals surface area (Å²) in [5.41, 5.74) is 0.863. The third kappa shape index (κ3) is 5.06. The van der Waals surface area contributed by atoms with Crippen LogP contribution in [-0.4, -0.2) is 5.11 Å². The Hall–Kier alpha value is -1.86. The van der Waals surface area contributed by atoms with E-state index in [1.54, 1.807) is 0 Å². The fourth-order valence-electron chi connectivity index (χ4n) is 3.62. The molecule has 0 bridgehead atoms. The highest BCUT2D eigenvalue weighted by Gasteiger charge is 2.37. The summed E-state index contributed by atoms with van der Waals surface area (Å²) >= 11 is 0. The van der Waals surface area contributed by atoms with E-state index in [2.05, 4.69) is 13.5 Å². The summed E-state index contributed by atoms with van der Waals surface area (Å²) in [5.74, 6) is 0.00322. The Balaban J connectivity index is 2.18. The lowest BCUT2D eigenvalue weighted by Crippen LogP contribution is -2.35. The van der Waals surface area contributed by atoms with E-state index < -0.39 is 5.60 Å². The van der Waals surface area contributed by atoms with Crippen molar-refractivity contribution in [3.63, 3.8) is 0 Å². The lowest BCUT2D eigenvalue weighted by atomic mass is 9.74. The fourth-order valence-corrected chi connectivity index (χ4v) is 3.62. The van der Waals surface area contributed by atoms with Crippen molar-refractivity contribution in [2.24, 2.45) is 5.92 Å². The van der Waals surface area contributed by atoms with E-state index in [1.807, 2.05) is 66.7 Å². The van der Waals surface area contributed by atoms with Crippen LogP contribution in [0.5, 0.6) is 0 Å². The van der Waals surface area contributed by atoms with Gasteiger partial charge in [0.2, 0.25) is 0 Å². The number of hydrogen-bond donors (Lipinski definition) is 1. The average molecular weight is 337 g/mol. The van der Waals surface area contributed by atoms with Gasteiger partial charge in [0.05, 0.1) is 0 Å². The molecule has 0 saturated heterocycles. The number of unbranched alkanes of at least 4 members (excludes halogenated alkanes) is 5. The van der Waals surface area contributed by atoms with Crippen molar-refractivity contribution in [2.75, 3.05) is 0 Å². The lowest BCUT2D eigenvalue weighted by Gasteiger charge is -2.36. The van der Waals surface area contributed by atoms with Crippen LogP contribution < -0.4 is 0 Å². The van der Waals surface area contributed by atoms with Gasteiger partial charge in [-0.3, -0.25) is 0 Å². The number of hydrogen-bond acceptors (Lipinski definition) is 1. The highest BCUT2D eigenvalue weighted by Crippen LogP contribution is 2.40. The summed E-state index contributed by atoms with van der Waals surface area (Å²) in [7, 11) is 0. The Morgan fingerprint density at radius 3 is 1.80 bits per heavy atom. The average Bonchev–Trinajstić information content (AvgIpc) is 2.68. The van der Waals surface area contributed by atoms with E-state index in [4.69, 9.17) is 0 Å². The molecule has 0 aromatic heterocycles. The van der Waals surface area contributed by atoms with Crippen LogP contribution in [0.4, 0.5) is 0 Å². The zero-order valence-corrected chi connectivity index (χ0v) is 15.5. The molecule has 1 unspecified atom stereocenters. The van der Waals surface area contributed by atoms with Gasteiger partial charge < -0.3 is 5.11 Å². The first kappa shape index (κ1) is 19.5. The third-order valence-corrected chi connectivity index (χ3v) is 5.12. The van der Waals surface area contributed by atoms with E-state index in [0.29, 0.717) is 0 Å². The highest BCUT2D eigenvalue weighted by atomic mass is 16.3. The summed E-state index contributed by atoms with van der Waals surface area (Å²) < 4.78 is 0. The SMILES string of the molecule is C=CC(CCCCCCCC)C(O)(c1ccccc1)c1ccccc1.